The zero-order valence-electron chi connectivity index (χ0n) is 13.6. The van der Waals surface area contributed by atoms with Crippen molar-refractivity contribution in [2.24, 2.45) is 0 Å². The lowest BCUT2D eigenvalue weighted by Gasteiger charge is -2.36. The number of nitriles is 2. The highest BCUT2D eigenvalue weighted by Crippen LogP contribution is 2.18. The zero-order chi connectivity index (χ0) is 17.6. The predicted molar refractivity (Wildman–Crippen MR) is 95.1 cm³/mol. The molecule has 25 heavy (non-hydrogen) atoms. The molecule has 1 N–H and O–H groups in total. The van der Waals surface area contributed by atoms with Crippen molar-refractivity contribution in [3.63, 3.8) is 0 Å². The first-order valence-corrected chi connectivity index (χ1v) is 8.01. The minimum absolute atomic E-state index is 0.158. The molecule has 1 fully saturated rings. The third kappa shape index (κ3) is 3.88. The Morgan fingerprint density at radius 3 is 2.24 bits per heavy atom. The molecule has 6 heteroatoms. The van der Waals surface area contributed by atoms with Crippen LogP contribution in [-0.2, 0) is 0 Å². The van der Waals surface area contributed by atoms with Crippen LogP contribution in [0.3, 0.4) is 0 Å². The second-order valence-corrected chi connectivity index (χ2v) is 5.76. The van der Waals surface area contributed by atoms with Gasteiger partial charge in [0.1, 0.15) is 0 Å². The quantitative estimate of drug-likeness (QED) is 0.917. The number of hydrogen-bond donors (Lipinski definition) is 1. The van der Waals surface area contributed by atoms with Gasteiger partial charge in [-0.2, -0.15) is 10.5 Å². The Kier molecular flexibility index (Phi) is 4.82. The van der Waals surface area contributed by atoms with E-state index in [0.29, 0.717) is 29.9 Å². The monoisotopic (exact) mass is 331 g/mol. The maximum atomic E-state index is 12.4. The molecule has 1 aliphatic rings. The maximum absolute atomic E-state index is 12.4. The third-order valence-electron chi connectivity index (χ3n) is 4.17. The summed E-state index contributed by atoms with van der Waals surface area (Å²) in [7, 11) is 0. The molecule has 0 aliphatic carbocycles. The van der Waals surface area contributed by atoms with Crippen LogP contribution < -0.4 is 10.2 Å². The summed E-state index contributed by atoms with van der Waals surface area (Å²) in [6, 6.07) is 18.4. The molecule has 0 aromatic heterocycles. The molecule has 0 bridgehead atoms. The van der Waals surface area contributed by atoms with Crippen LogP contribution in [0.1, 0.15) is 11.1 Å². The number of piperazine rings is 1. The molecule has 0 unspecified atom stereocenters. The average molecular weight is 331 g/mol. The van der Waals surface area contributed by atoms with Crippen LogP contribution in [0.4, 0.5) is 16.2 Å². The van der Waals surface area contributed by atoms with Gasteiger partial charge in [-0.3, -0.25) is 0 Å². The summed E-state index contributed by atoms with van der Waals surface area (Å²) in [4.78, 5) is 16.3. The lowest BCUT2D eigenvalue weighted by Crippen LogP contribution is -2.50. The molecular weight excluding hydrogens is 314 g/mol. The molecule has 0 radical (unpaired) electrons. The highest BCUT2D eigenvalue weighted by Gasteiger charge is 2.21. The van der Waals surface area contributed by atoms with Gasteiger partial charge in [0.05, 0.1) is 23.3 Å². The topological polar surface area (TPSA) is 83.2 Å². The Bertz CT molecular complexity index is 839. The molecule has 2 amide bonds. The number of carbonyl (C=O) groups excluding carboxylic acids is 1. The van der Waals surface area contributed by atoms with Crippen molar-refractivity contribution < 1.29 is 4.79 Å². The van der Waals surface area contributed by atoms with Crippen LogP contribution >= 0.6 is 0 Å². The number of hydrogen-bond acceptors (Lipinski definition) is 4. The van der Waals surface area contributed by atoms with Crippen molar-refractivity contribution >= 4 is 17.4 Å². The Morgan fingerprint density at radius 1 is 0.920 bits per heavy atom. The van der Waals surface area contributed by atoms with Gasteiger partial charge in [0, 0.05) is 37.6 Å². The van der Waals surface area contributed by atoms with Gasteiger partial charge in [0.2, 0.25) is 0 Å². The molecule has 1 saturated heterocycles. The molecule has 1 aliphatic heterocycles. The number of nitrogens with zero attached hydrogens (tertiary/aromatic N) is 4. The smallest absolute Gasteiger partial charge is 0.321 e. The van der Waals surface area contributed by atoms with Crippen LogP contribution in [0.15, 0.2) is 48.5 Å². The fraction of sp³-hybridized carbons (Fsp3) is 0.211. The van der Waals surface area contributed by atoms with E-state index in [4.69, 9.17) is 10.5 Å². The Hall–Kier alpha value is -3.51. The normalized spacial score (nSPS) is 13.7. The van der Waals surface area contributed by atoms with Crippen molar-refractivity contribution in [2.75, 3.05) is 36.4 Å². The van der Waals surface area contributed by atoms with Gasteiger partial charge in [-0.15, -0.1) is 0 Å². The molecular formula is C19H17N5O. The molecule has 6 nitrogen and oxygen atoms in total. The fourth-order valence-corrected chi connectivity index (χ4v) is 2.78. The summed E-state index contributed by atoms with van der Waals surface area (Å²) in [6.07, 6.45) is 0. The van der Waals surface area contributed by atoms with Crippen molar-refractivity contribution in [1.82, 2.24) is 4.90 Å². The summed E-state index contributed by atoms with van der Waals surface area (Å²) >= 11 is 0. The van der Waals surface area contributed by atoms with E-state index in [1.165, 1.54) is 0 Å². The largest absolute Gasteiger partial charge is 0.368 e. The summed E-state index contributed by atoms with van der Waals surface area (Å²) in [5, 5.41) is 20.6. The van der Waals surface area contributed by atoms with Crippen LogP contribution in [0.2, 0.25) is 0 Å². The number of carbonyl (C=O) groups is 1. The van der Waals surface area contributed by atoms with Crippen LogP contribution in [0.5, 0.6) is 0 Å². The molecule has 124 valence electrons. The van der Waals surface area contributed by atoms with Gasteiger partial charge < -0.3 is 15.1 Å². The maximum Gasteiger partial charge on any atom is 0.321 e. The first kappa shape index (κ1) is 16.4. The Labute approximate surface area is 146 Å². The molecule has 0 atom stereocenters. The van der Waals surface area contributed by atoms with Gasteiger partial charge in [0.15, 0.2) is 0 Å². The van der Waals surface area contributed by atoms with Crippen molar-refractivity contribution in [3.05, 3.63) is 59.7 Å². The van der Waals surface area contributed by atoms with E-state index in [0.717, 1.165) is 18.8 Å². The van der Waals surface area contributed by atoms with Gasteiger partial charge >= 0.3 is 6.03 Å². The highest BCUT2D eigenvalue weighted by molar-refractivity contribution is 5.89. The van der Waals surface area contributed by atoms with E-state index < -0.39 is 0 Å². The molecule has 2 aromatic rings. The van der Waals surface area contributed by atoms with E-state index >= 15 is 0 Å². The molecule has 2 aromatic carbocycles. The van der Waals surface area contributed by atoms with E-state index in [1.54, 1.807) is 41.3 Å². The van der Waals surface area contributed by atoms with Crippen LogP contribution in [-0.4, -0.2) is 37.1 Å². The second kappa shape index (κ2) is 7.37. The zero-order valence-corrected chi connectivity index (χ0v) is 13.6. The summed E-state index contributed by atoms with van der Waals surface area (Å²) in [5.41, 5.74) is 2.84. The number of urea groups is 1. The van der Waals surface area contributed by atoms with Gasteiger partial charge in [0.25, 0.3) is 0 Å². The number of anilines is 2. The van der Waals surface area contributed by atoms with E-state index in [1.807, 2.05) is 12.1 Å². The van der Waals surface area contributed by atoms with Crippen molar-refractivity contribution in [1.29, 1.82) is 10.5 Å². The van der Waals surface area contributed by atoms with Crippen LogP contribution in [0.25, 0.3) is 0 Å². The predicted octanol–water partition coefficient (Wildman–Crippen LogP) is 2.78. The van der Waals surface area contributed by atoms with Gasteiger partial charge in [-0.05, 0) is 42.5 Å². The summed E-state index contributed by atoms with van der Waals surface area (Å²) in [5.74, 6) is 0. The molecule has 0 saturated carbocycles. The molecule has 0 spiro atoms. The van der Waals surface area contributed by atoms with Gasteiger partial charge in [-0.25, -0.2) is 4.79 Å². The van der Waals surface area contributed by atoms with E-state index in [2.05, 4.69) is 22.4 Å². The Morgan fingerprint density at radius 2 is 1.60 bits per heavy atom. The average Bonchev–Trinajstić information content (AvgIpc) is 2.68. The summed E-state index contributed by atoms with van der Waals surface area (Å²) < 4.78 is 0. The molecule has 1 heterocycles. The lowest BCUT2D eigenvalue weighted by atomic mass is 10.2. The number of nitrogens with one attached hydrogen (secondary N) is 1. The van der Waals surface area contributed by atoms with Gasteiger partial charge in [-0.1, -0.05) is 6.07 Å². The number of benzene rings is 2. The first-order chi connectivity index (χ1) is 12.2. The summed E-state index contributed by atoms with van der Waals surface area (Å²) in [6.45, 7) is 2.70. The lowest BCUT2D eigenvalue weighted by molar-refractivity contribution is 0.208. The minimum Gasteiger partial charge on any atom is -0.368 e. The first-order valence-electron chi connectivity index (χ1n) is 8.01. The Balaban J connectivity index is 1.57. The fourth-order valence-electron chi connectivity index (χ4n) is 2.78. The second-order valence-electron chi connectivity index (χ2n) is 5.76. The SMILES string of the molecule is N#Cc1ccc(N2CCN(C(=O)Nc3cccc(C#N)c3)CC2)cc1. The minimum atomic E-state index is -0.158. The van der Waals surface area contributed by atoms with E-state index in [9.17, 15) is 4.79 Å². The van der Waals surface area contributed by atoms with Crippen molar-refractivity contribution in [3.8, 4) is 12.1 Å². The van der Waals surface area contributed by atoms with E-state index in [-0.39, 0.29) is 6.03 Å². The number of rotatable bonds is 2. The standard InChI is InChI=1S/C19H17N5O/c20-13-15-4-6-18(7-5-15)23-8-10-24(11-9-23)19(25)22-17-3-1-2-16(12-17)14-21/h1-7,12H,8-11H2,(H,22,25). The highest BCUT2D eigenvalue weighted by atomic mass is 16.2. The van der Waals surface area contributed by atoms with Crippen molar-refractivity contribution in [2.45, 2.75) is 0 Å². The third-order valence-corrected chi connectivity index (χ3v) is 4.17. The van der Waals surface area contributed by atoms with Crippen LogP contribution in [0, 0.1) is 22.7 Å². The molecule has 3 rings (SSSR count). The number of amides is 2.